The minimum atomic E-state index is 0.395. The van der Waals surface area contributed by atoms with Crippen LogP contribution in [0.1, 0.15) is 29.2 Å². The highest BCUT2D eigenvalue weighted by Gasteiger charge is 2.23. The Bertz CT molecular complexity index is 491. The highest BCUT2D eigenvalue weighted by molar-refractivity contribution is 5.43. The molecule has 0 spiro atoms. The third-order valence-corrected chi connectivity index (χ3v) is 3.10. The Labute approximate surface area is 94.5 Å². The fourth-order valence-corrected chi connectivity index (χ4v) is 2.28. The number of aryl methyl sites for hydroxylation is 1. The van der Waals surface area contributed by atoms with Gasteiger partial charge >= 0.3 is 0 Å². The van der Waals surface area contributed by atoms with Gasteiger partial charge in [-0.05, 0) is 25.0 Å². The van der Waals surface area contributed by atoms with Crippen molar-refractivity contribution in [2.45, 2.75) is 19.3 Å². The summed E-state index contributed by atoms with van der Waals surface area (Å²) in [7, 11) is 0. The number of ether oxygens (including phenoxy) is 1. The van der Waals surface area contributed by atoms with Crippen LogP contribution in [0, 0.1) is 6.92 Å². The molecule has 2 aromatic rings. The van der Waals surface area contributed by atoms with E-state index in [1.54, 1.807) is 6.33 Å². The number of fused-ring (bicyclic) bond motifs is 1. The Morgan fingerprint density at radius 3 is 3.19 bits per heavy atom. The molecule has 0 fully saturated rings. The van der Waals surface area contributed by atoms with Gasteiger partial charge in [0.25, 0.3) is 0 Å². The van der Waals surface area contributed by atoms with Crippen molar-refractivity contribution in [2.75, 3.05) is 6.61 Å². The van der Waals surface area contributed by atoms with Gasteiger partial charge < -0.3 is 9.72 Å². The molecule has 0 unspecified atom stereocenters. The summed E-state index contributed by atoms with van der Waals surface area (Å²) in [6.45, 7) is 2.86. The zero-order chi connectivity index (χ0) is 11.0. The van der Waals surface area contributed by atoms with E-state index in [0.717, 1.165) is 18.8 Å². The van der Waals surface area contributed by atoms with Crippen molar-refractivity contribution in [2.24, 2.45) is 0 Å². The minimum absolute atomic E-state index is 0.395. The first-order valence-corrected chi connectivity index (χ1v) is 5.56. The second-order valence-electron chi connectivity index (χ2n) is 4.24. The molecule has 0 radical (unpaired) electrons. The Balaban J connectivity index is 2.06. The molecule has 0 aliphatic carbocycles. The summed E-state index contributed by atoms with van der Waals surface area (Å²) in [5, 5.41) is 0. The van der Waals surface area contributed by atoms with E-state index in [0.29, 0.717) is 5.92 Å². The molecule has 2 heterocycles. The smallest absolute Gasteiger partial charge is 0.123 e. The quantitative estimate of drug-likeness (QED) is 0.792. The number of nitrogens with zero attached hydrogens (tertiary/aromatic N) is 1. The van der Waals surface area contributed by atoms with E-state index in [1.165, 1.54) is 16.8 Å². The van der Waals surface area contributed by atoms with Crippen LogP contribution in [-0.4, -0.2) is 16.6 Å². The average Bonchev–Trinajstić information content (AvgIpc) is 2.81. The molecule has 0 amide bonds. The van der Waals surface area contributed by atoms with Crippen molar-refractivity contribution in [1.29, 1.82) is 0 Å². The number of aromatic amines is 1. The van der Waals surface area contributed by atoms with E-state index >= 15 is 0 Å². The Kier molecular flexibility index (Phi) is 2.17. The molecule has 0 saturated carbocycles. The Hall–Kier alpha value is -1.77. The lowest BCUT2D eigenvalue weighted by molar-refractivity contribution is 0.275. The molecular weight excluding hydrogens is 200 g/mol. The van der Waals surface area contributed by atoms with E-state index < -0.39 is 0 Å². The summed E-state index contributed by atoms with van der Waals surface area (Å²) in [6.07, 6.45) is 4.65. The predicted octanol–water partition coefficient (Wildman–Crippen LogP) is 2.63. The maximum atomic E-state index is 5.70. The Morgan fingerprint density at radius 1 is 1.44 bits per heavy atom. The monoisotopic (exact) mass is 214 g/mol. The molecule has 1 N–H and O–H groups in total. The van der Waals surface area contributed by atoms with Gasteiger partial charge in [-0.1, -0.05) is 12.1 Å². The van der Waals surface area contributed by atoms with Gasteiger partial charge in [0.2, 0.25) is 0 Å². The number of aromatic nitrogens is 2. The van der Waals surface area contributed by atoms with Crippen LogP contribution in [-0.2, 0) is 0 Å². The first kappa shape index (κ1) is 9.46. The van der Waals surface area contributed by atoms with Crippen LogP contribution < -0.4 is 4.74 Å². The molecule has 1 aromatic carbocycles. The fourth-order valence-electron chi connectivity index (χ4n) is 2.28. The van der Waals surface area contributed by atoms with Crippen molar-refractivity contribution in [3.63, 3.8) is 0 Å². The molecule has 0 saturated heterocycles. The van der Waals surface area contributed by atoms with Gasteiger partial charge in [-0.2, -0.15) is 0 Å². The summed E-state index contributed by atoms with van der Waals surface area (Å²) < 4.78 is 5.70. The standard InChI is InChI=1S/C13H14N2O/c1-9-2-3-11-10(12-7-14-8-15-12)4-5-16-13(11)6-9/h2-3,6-8,10H,4-5H2,1H3,(H,14,15)/t10-/m1/s1. The largest absolute Gasteiger partial charge is 0.493 e. The summed E-state index contributed by atoms with van der Waals surface area (Å²) in [4.78, 5) is 7.29. The number of rotatable bonds is 1. The van der Waals surface area contributed by atoms with Crippen LogP contribution in [0.5, 0.6) is 5.75 Å². The number of imidazole rings is 1. The highest BCUT2D eigenvalue weighted by Crippen LogP contribution is 2.37. The van der Waals surface area contributed by atoms with E-state index in [9.17, 15) is 0 Å². The fraction of sp³-hybridized carbons (Fsp3) is 0.308. The molecule has 82 valence electrons. The van der Waals surface area contributed by atoms with Crippen molar-refractivity contribution < 1.29 is 4.74 Å². The van der Waals surface area contributed by atoms with Crippen LogP contribution >= 0.6 is 0 Å². The number of hydrogen-bond donors (Lipinski definition) is 1. The molecule has 16 heavy (non-hydrogen) atoms. The second-order valence-corrected chi connectivity index (χ2v) is 4.24. The predicted molar refractivity (Wildman–Crippen MR) is 61.7 cm³/mol. The van der Waals surface area contributed by atoms with Gasteiger partial charge in [0.1, 0.15) is 5.75 Å². The van der Waals surface area contributed by atoms with Crippen molar-refractivity contribution in [1.82, 2.24) is 9.97 Å². The number of hydrogen-bond acceptors (Lipinski definition) is 2. The lowest BCUT2D eigenvalue weighted by atomic mass is 9.90. The van der Waals surface area contributed by atoms with Gasteiger partial charge in [0.05, 0.1) is 12.9 Å². The number of nitrogens with one attached hydrogen (secondary N) is 1. The molecule has 1 aliphatic rings. The van der Waals surface area contributed by atoms with E-state index in [-0.39, 0.29) is 0 Å². The van der Waals surface area contributed by atoms with Crippen molar-refractivity contribution >= 4 is 0 Å². The number of benzene rings is 1. The average molecular weight is 214 g/mol. The maximum Gasteiger partial charge on any atom is 0.123 e. The molecule has 1 atom stereocenters. The topological polar surface area (TPSA) is 37.9 Å². The SMILES string of the molecule is Cc1ccc2c(c1)OCC[C@H]2c1cnc[nH]1. The maximum absolute atomic E-state index is 5.70. The summed E-state index contributed by atoms with van der Waals surface area (Å²) in [5.74, 6) is 1.41. The first-order chi connectivity index (χ1) is 7.84. The van der Waals surface area contributed by atoms with E-state index in [1.807, 2.05) is 6.20 Å². The molecule has 3 nitrogen and oxygen atoms in total. The normalized spacial score (nSPS) is 18.9. The first-order valence-electron chi connectivity index (χ1n) is 5.56. The summed E-state index contributed by atoms with van der Waals surface area (Å²) in [6, 6.07) is 6.41. The van der Waals surface area contributed by atoms with Crippen LogP contribution in [0.15, 0.2) is 30.7 Å². The second kappa shape index (κ2) is 3.67. The van der Waals surface area contributed by atoms with Gasteiger partial charge in [0.15, 0.2) is 0 Å². The van der Waals surface area contributed by atoms with Gasteiger partial charge in [0, 0.05) is 23.4 Å². The van der Waals surface area contributed by atoms with E-state index in [2.05, 4.69) is 35.1 Å². The molecule has 1 aromatic heterocycles. The molecule has 3 rings (SSSR count). The molecular formula is C13H14N2O. The Morgan fingerprint density at radius 2 is 2.38 bits per heavy atom. The molecule has 1 aliphatic heterocycles. The van der Waals surface area contributed by atoms with Crippen molar-refractivity contribution in [3.05, 3.63) is 47.5 Å². The van der Waals surface area contributed by atoms with Crippen LogP contribution in [0.2, 0.25) is 0 Å². The van der Waals surface area contributed by atoms with Crippen LogP contribution in [0.4, 0.5) is 0 Å². The zero-order valence-electron chi connectivity index (χ0n) is 9.23. The third-order valence-electron chi connectivity index (χ3n) is 3.10. The van der Waals surface area contributed by atoms with Gasteiger partial charge in [-0.25, -0.2) is 4.98 Å². The number of H-pyrrole nitrogens is 1. The molecule has 0 bridgehead atoms. The third kappa shape index (κ3) is 1.48. The minimum Gasteiger partial charge on any atom is -0.493 e. The lowest BCUT2D eigenvalue weighted by Crippen LogP contribution is -2.15. The summed E-state index contributed by atoms with van der Waals surface area (Å²) >= 11 is 0. The van der Waals surface area contributed by atoms with Crippen LogP contribution in [0.25, 0.3) is 0 Å². The van der Waals surface area contributed by atoms with Crippen molar-refractivity contribution in [3.8, 4) is 5.75 Å². The lowest BCUT2D eigenvalue weighted by Gasteiger charge is -2.25. The highest BCUT2D eigenvalue weighted by atomic mass is 16.5. The van der Waals surface area contributed by atoms with E-state index in [4.69, 9.17) is 4.74 Å². The van der Waals surface area contributed by atoms with Gasteiger partial charge in [-0.15, -0.1) is 0 Å². The summed E-state index contributed by atoms with van der Waals surface area (Å²) in [5.41, 5.74) is 3.68. The zero-order valence-corrected chi connectivity index (χ0v) is 9.23. The molecule has 3 heteroatoms. The van der Waals surface area contributed by atoms with Gasteiger partial charge in [-0.3, -0.25) is 0 Å². The van der Waals surface area contributed by atoms with Crippen LogP contribution in [0.3, 0.4) is 0 Å².